The third-order valence-electron chi connectivity index (χ3n) is 8.16. The summed E-state index contributed by atoms with van der Waals surface area (Å²) < 4.78 is 20.1. The molecule has 308 valence electrons. The van der Waals surface area contributed by atoms with Gasteiger partial charge >= 0.3 is 18.3 Å². The highest BCUT2D eigenvalue weighted by atomic mass is 16.7. The normalized spacial score (nSPS) is 11.9. The number of carbonyl (C=O) groups excluding carboxylic acids is 6. The summed E-state index contributed by atoms with van der Waals surface area (Å²) in [6.07, 6.45) is 0.925. The van der Waals surface area contributed by atoms with Gasteiger partial charge in [0.25, 0.3) is 11.6 Å². The number of hydrogen-bond donors (Lipinski definition) is 4. The summed E-state index contributed by atoms with van der Waals surface area (Å²) >= 11 is 0. The topological polar surface area (TPSA) is 248 Å². The zero-order valence-electron chi connectivity index (χ0n) is 31.8. The Morgan fingerprint density at radius 1 is 0.828 bits per heavy atom. The number of primary amides is 1. The van der Waals surface area contributed by atoms with Gasteiger partial charge in [0.1, 0.15) is 43.7 Å². The molecule has 0 aliphatic rings. The number of rotatable bonds is 22. The van der Waals surface area contributed by atoms with Crippen molar-refractivity contribution >= 4 is 47.4 Å². The van der Waals surface area contributed by atoms with E-state index in [1.165, 1.54) is 72.5 Å². The Labute approximate surface area is 334 Å². The molecule has 0 saturated carbocycles. The van der Waals surface area contributed by atoms with Crippen molar-refractivity contribution in [3.8, 4) is 5.75 Å². The Morgan fingerprint density at radius 2 is 1.47 bits per heavy atom. The van der Waals surface area contributed by atoms with E-state index in [2.05, 4.69) is 29.1 Å². The maximum Gasteiger partial charge on any atom is 0.514 e. The molecule has 18 nitrogen and oxygen atoms in total. The van der Waals surface area contributed by atoms with E-state index in [0.29, 0.717) is 24.0 Å². The molecule has 3 atom stereocenters. The minimum Gasteiger partial charge on any atom is -0.445 e. The van der Waals surface area contributed by atoms with E-state index in [0.717, 1.165) is 0 Å². The maximum atomic E-state index is 14.7. The molecule has 0 aliphatic heterocycles. The molecule has 0 heterocycles. The summed E-state index contributed by atoms with van der Waals surface area (Å²) in [5.41, 5.74) is 7.09. The fourth-order valence-electron chi connectivity index (χ4n) is 5.29. The Kier molecular flexibility index (Phi) is 18.4. The molecule has 58 heavy (non-hydrogen) atoms. The van der Waals surface area contributed by atoms with E-state index in [-0.39, 0.29) is 56.3 Å². The predicted octanol–water partition coefficient (Wildman–Crippen LogP) is 4.61. The zero-order chi connectivity index (χ0) is 42.5. The summed E-state index contributed by atoms with van der Waals surface area (Å²) in [6, 6.07) is 16.1. The number of hydrogen-bond acceptors (Lipinski definition) is 12. The highest BCUT2D eigenvalue weighted by molar-refractivity contribution is 6.04. The van der Waals surface area contributed by atoms with Gasteiger partial charge in [0, 0.05) is 30.8 Å². The van der Waals surface area contributed by atoms with Crippen LogP contribution in [0, 0.1) is 10.1 Å². The van der Waals surface area contributed by atoms with Crippen molar-refractivity contribution in [2.75, 3.05) is 24.7 Å². The van der Waals surface area contributed by atoms with Crippen molar-refractivity contribution in [2.45, 2.75) is 57.3 Å². The van der Waals surface area contributed by atoms with Crippen LogP contribution in [0.1, 0.15) is 37.3 Å². The molecule has 0 fully saturated rings. The largest absolute Gasteiger partial charge is 0.514 e. The number of nitro groups is 1. The predicted molar refractivity (Wildman–Crippen MR) is 210 cm³/mol. The number of unbranched alkanes of at least 4 members (excludes halogenated alkanes) is 1. The van der Waals surface area contributed by atoms with Crippen LogP contribution >= 0.6 is 0 Å². The van der Waals surface area contributed by atoms with Crippen molar-refractivity contribution < 1.29 is 52.6 Å². The van der Waals surface area contributed by atoms with Gasteiger partial charge < -0.3 is 40.6 Å². The second-order valence-electron chi connectivity index (χ2n) is 12.5. The molecule has 0 saturated heterocycles. The Balaban J connectivity index is 1.88. The summed E-state index contributed by atoms with van der Waals surface area (Å²) in [4.78, 5) is 89.1. The summed E-state index contributed by atoms with van der Waals surface area (Å²) in [7, 11) is 0. The lowest BCUT2D eigenvalue weighted by Gasteiger charge is -2.34. The van der Waals surface area contributed by atoms with Gasteiger partial charge in [0.2, 0.25) is 11.8 Å². The van der Waals surface area contributed by atoms with Gasteiger partial charge in [-0.15, -0.1) is 0 Å². The fourth-order valence-corrected chi connectivity index (χ4v) is 5.29. The van der Waals surface area contributed by atoms with E-state index in [1.54, 1.807) is 30.3 Å². The van der Waals surface area contributed by atoms with Crippen LogP contribution in [-0.4, -0.2) is 78.9 Å². The monoisotopic (exact) mass is 802 g/mol. The Morgan fingerprint density at radius 3 is 2.07 bits per heavy atom. The minimum absolute atomic E-state index is 0.0133. The molecular formula is C40H46N6O12. The number of nitrogens with zero attached hydrogens (tertiary/aromatic N) is 2. The summed E-state index contributed by atoms with van der Waals surface area (Å²) in [5.74, 6) is -2.25. The van der Waals surface area contributed by atoms with Crippen LogP contribution in [0.25, 0.3) is 0 Å². The van der Waals surface area contributed by atoms with Gasteiger partial charge in [-0.25, -0.2) is 14.4 Å². The first kappa shape index (κ1) is 45.2. The van der Waals surface area contributed by atoms with Crippen molar-refractivity contribution in [2.24, 2.45) is 5.73 Å². The first-order chi connectivity index (χ1) is 27.8. The van der Waals surface area contributed by atoms with Gasteiger partial charge in [0.15, 0.2) is 0 Å². The molecule has 18 heteroatoms. The number of carbonyl (C=O) groups is 6. The van der Waals surface area contributed by atoms with E-state index in [1.807, 2.05) is 0 Å². The smallest absolute Gasteiger partial charge is 0.445 e. The minimum atomic E-state index is -1.27. The number of nitrogens with two attached hydrogens (primary N) is 1. The number of nitrogens with one attached hydrogen (secondary N) is 3. The molecule has 5 N–H and O–H groups in total. The number of alkyl carbamates (subject to hydrolysis) is 2. The third kappa shape index (κ3) is 15.1. The van der Waals surface area contributed by atoms with Crippen LogP contribution in [0.3, 0.4) is 0 Å². The van der Waals surface area contributed by atoms with E-state index >= 15 is 0 Å². The third-order valence-corrected chi connectivity index (χ3v) is 8.16. The van der Waals surface area contributed by atoms with Crippen LogP contribution in [-0.2, 0) is 41.6 Å². The second-order valence-corrected chi connectivity index (χ2v) is 12.5. The van der Waals surface area contributed by atoms with Gasteiger partial charge in [-0.2, -0.15) is 0 Å². The van der Waals surface area contributed by atoms with Crippen molar-refractivity contribution in [3.63, 3.8) is 0 Å². The number of ether oxygens (including phenoxy) is 4. The van der Waals surface area contributed by atoms with Crippen molar-refractivity contribution in [3.05, 3.63) is 125 Å². The average molecular weight is 803 g/mol. The van der Waals surface area contributed by atoms with Crippen LogP contribution in [0.5, 0.6) is 5.75 Å². The lowest BCUT2D eigenvalue weighted by Crippen LogP contribution is -2.58. The maximum absolute atomic E-state index is 14.7. The first-order valence-electron chi connectivity index (χ1n) is 18.0. The van der Waals surface area contributed by atoms with Crippen molar-refractivity contribution in [1.82, 2.24) is 16.0 Å². The molecule has 0 spiro atoms. The number of nitro benzene ring substituents is 1. The van der Waals surface area contributed by atoms with E-state index < -0.39 is 59.1 Å². The lowest BCUT2D eigenvalue weighted by molar-refractivity contribution is -0.384. The molecule has 5 amide bonds. The number of non-ortho nitro benzene ring substituents is 1. The Bertz CT molecular complexity index is 1890. The van der Waals surface area contributed by atoms with Gasteiger partial charge in [0.05, 0.1) is 4.92 Å². The molecule has 0 aromatic heterocycles. The van der Waals surface area contributed by atoms with E-state index in [9.17, 15) is 38.9 Å². The summed E-state index contributed by atoms with van der Waals surface area (Å²) in [6.45, 7) is 8.23. The van der Waals surface area contributed by atoms with Gasteiger partial charge in [-0.1, -0.05) is 67.8 Å². The summed E-state index contributed by atoms with van der Waals surface area (Å²) in [5, 5.41) is 18.6. The highest BCUT2D eigenvalue weighted by Crippen LogP contribution is 2.24. The van der Waals surface area contributed by atoms with Crippen LogP contribution in [0.2, 0.25) is 0 Å². The molecule has 0 bridgehead atoms. The van der Waals surface area contributed by atoms with E-state index in [4.69, 9.17) is 24.7 Å². The SMILES string of the molecule is C=CCOC(=O)NCCCCC(C(N)=O)N(C(=O)C(Cc1ccccc1)NC(=O)C(C)NC(=O)OCC=C)c1ccc(COC(=O)Oc2ccc([N+](=O)[O-])cc2)cc1. The number of amides is 5. The zero-order valence-corrected chi connectivity index (χ0v) is 31.8. The lowest BCUT2D eigenvalue weighted by atomic mass is 10.00. The molecule has 3 rings (SSSR count). The van der Waals surface area contributed by atoms with Crippen LogP contribution < -0.4 is 31.3 Å². The first-order valence-corrected chi connectivity index (χ1v) is 18.0. The molecule has 0 aliphatic carbocycles. The number of anilines is 1. The van der Waals surface area contributed by atoms with Crippen LogP contribution in [0.4, 0.5) is 25.8 Å². The standard InChI is InChI=1S/C40H46N6O12/c1-4-23-55-38(50)42-22-10-9-13-34(35(41)47)45(30-16-14-29(15-17-30)26-57-40(52)58-32-20-18-31(19-21-32)46(53)54)37(49)33(25-28-11-7-6-8-12-28)44-36(48)27(3)43-39(51)56-24-5-2/h4-8,11-12,14-21,27,33-34H,1-2,9-10,13,22-26H2,3H3,(H2,41,47)(H,42,50)(H,43,51)(H,44,48). The van der Waals surface area contributed by atoms with Gasteiger partial charge in [-0.3, -0.25) is 29.4 Å². The average Bonchev–Trinajstić information content (AvgIpc) is 3.21. The fraction of sp³-hybridized carbons (Fsp3) is 0.300. The van der Waals surface area contributed by atoms with Crippen molar-refractivity contribution in [1.29, 1.82) is 0 Å². The second kappa shape index (κ2) is 23.6. The molecule has 3 unspecified atom stereocenters. The Hall–Kier alpha value is -7.24. The molecule has 0 radical (unpaired) electrons. The molecular weight excluding hydrogens is 756 g/mol. The highest BCUT2D eigenvalue weighted by Gasteiger charge is 2.35. The molecule has 3 aromatic rings. The van der Waals surface area contributed by atoms with Gasteiger partial charge in [-0.05, 0) is 61.6 Å². The van der Waals surface area contributed by atoms with Crippen LogP contribution in [0.15, 0.2) is 104 Å². The molecule has 3 aromatic carbocycles. The number of benzene rings is 3. The quantitative estimate of drug-likeness (QED) is 0.0207.